The zero-order valence-electron chi connectivity index (χ0n) is 11.4. The molecule has 2 heteroatoms. The molecule has 0 atom stereocenters. The number of hydrogen-bond donors (Lipinski definition) is 2. The van der Waals surface area contributed by atoms with E-state index in [2.05, 4.69) is 32.9 Å². The van der Waals surface area contributed by atoms with Crippen molar-refractivity contribution in [3.05, 3.63) is 60.2 Å². The van der Waals surface area contributed by atoms with Gasteiger partial charge in [0, 0.05) is 11.4 Å². The summed E-state index contributed by atoms with van der Waals surface area (Å²) in [4.78, 5) is 0. The topological polar surface area (TPSA) is 52.0 Å². The van der Waals surface area contributed by atoms with Crippen LogP contribution in [-0.4, -0.2) is 0 Å². The van der Waals surface area contributed by atoms with Crippen LogP contribution in [0.5, 0.6) is 0 Å². The molecule has 0 saturated carbocycles. The van der Waals surface area contributed by atoms with E-state index in [1.54, 1.807) is 0 Å². The molecule has 18 heavy (non-hydrogen) atoms. The average molecular weight is 242 g/mol. The molecule has 2 nitrogen and oxygen atoms in total. The molecule has 0 bridgehead atoms. The largest absolute Gasteiger partial charge is 0.399 e. The van der Waals surface area contributed by atoms with Crippen LogP contribution >= 0.6 is 0 Å². The standard InChI is InChI=1S/C10H15N.C6H7N/c1-10(2,3)8-4-6-9(11)7-5-8;7-6-4-2-1-3-5-6/h4-7H,11H2,1-3H3;1-5H,7H2. The summed E-state index contributed by atoms with van der Waals surface area (Å²) < 4.78 is 0. The Balaban J connectivity index is 0.000000199. The lowest BCUT2D eigenvalue weighted by atomic mass is 9.87. The smallest absolute Gasteiger partial charge is 0.0314 e. The summed E-state index contributed by atoms with van der Waals surface area (Å²) in [7, 11) is 0. The molecule has 0 saturated heterocycles. The summed E-state index contributed by atoms with van der Waals surface area (Å²) in [5, 5.41) is 0. The lowest BCUT2D eigenvalue weighted by Crippen LogP contribution is -2.10. The van der Waals surface area contributed by atoms with Crippen molar-refractivity contribution < 1.29 is 0 Å². The van der Waals surface area contributed by atoms with Crippen LogP contribution in [0.1, 0.15) is 26.3 Å². The fourth-order valence-corrected chi connectivity index (χ4v) is 1.44. The lowest BCUT2D eigenvalue weighted by Gasteiger charge is -2.18. The number of nitrogen functional groups attached to an aromatic ring is 2. The molecule has 0 amide bonds. The van der Waals surface area contributed by atoms with E-state index in [4.69, 9.17) is 11.5 Å². The summed E-state index contributed by atoms with van der Waals surface area (Å²) in [6.07, 6.45) is 0. The first-order valence-corrected chi connectivity index (χ1v) is 6.06. The molecule has 2 rings (SSSR count). The predicted molar refractivity (Wildman–Crippen MR) is 80.4 cm³/mol. The molecule has 0 aliphatic carbocycles. The van der Waals surface area contributed by atoms with Crippen LogP contribution in [0.4, 0.5) is 11.4 Å². The fourth-order valence-electron chi connectivity index (χ4n) is 1.44. The molecule has 0 heterocycles. The lowest BCUT2D eigenvalue weighted by molar-refractivity contribution is 0.590. The van der Waals surface area contributed by atoms with Crippen LogP contribution in [0, 0.1) is 0 Å². The number of nitrogens with two attached hydrogens (primary N) is 2. The molecule has 4 N–H and O–H groups in total. The molecular formula is C16H22N2. The molecule has 0 spiro atoms. The highest BCUT2D eigenvalue weighted by molar-refractivity contribution is 5.41. The SMILES string of the molecule is CC(C)(C)c1ccc(N)cc1.Nc1ccccc1. The molecule has 2 aromatic rings. The van der Waals surface area contributed by atoms with Crippen molar-refractivity contribution in [2.75, 3.05) is 11.5 Å². The Kier molecular flexibility index (Phi) is 4.78. The molecule has 0 aliphatic rings. The van der Waals surface area contributed by atoms with E-state index in [1.807, 2.05) is 42.5 Å². The summed E-state index contributed by atoms with van der Waals surface area (Å²) in [5.41, 5.74) is 14.1. The van der Waals surface area contributed by atoms with Crippen molar-refractivity contribution in [1.29, 1.82) is 0 Å². The third kappa shape index (κ3) is 4.91. The van der Waals surface area contributed by atoms with Gasteiger partial charge < -0.3 is 11.5 Å². The predicted octanol–water partition coefficient (Wildman–Crippen LogP) is 3.84. The first kappa shape index (κ1) is 14.1. The molecule has 0 radical (unpaired) electrons. The molecule has 0 unspecified atom stereocenters. The second-order valence-electron chi connectivity index (χ2n) is 5.28. The van der Waals surface area contributed by atoms with Gasteiger partial charge in [-0.05, 0) is 35.2 Å². The maximum Gasteiger partial charge on any atom is 0.0314 e. The van der Waals surface area contributed by atoms with Gasteiger partial charge in [0.15, 0.2) is 0 Å². The minimum absolute atomic E-state index is 0.230. The minimum Gasteiger partial charge on any atom is -0.399 e. The van der Waals surface area contributed by atoms with E-state index in [0.717, 1.165) is 11.4 Å². The van der Waals surface area contributed by atoms with Crippen LogP contribution in [0.2, 0.25) is 0 Å². The molecular weight excluding hydrogens is 220 g/mol. The summed E-state index contributed by atoms with van der Waals surface area (Å²) in [5.74, 6) is 0. The van der Waals surface area contributed by atoms with E-state index < -0.39 is 0 Å². The first-order chi connectivity index (χ1) is 8.39. The zero-order chi connectivity index (χ0) is 13.6. The quantitative estimate of drug-likeness (QED) is 0.690. The van der Waals surface area contributed by atoms with Gasteiger partial charge in [-0.1, -0.05) is 51.1 Å². The minimum atomic E-state index is 0.230. The van der Waals surface area contributed by atoms with Gasteiger partial charge in [-0.2, -0.15) is 0 Å². The van der Waals surface area contributed by atoms with Crippen LogP contribution in [0.15, 0.2) is 54.6 Å². The van der Waals surface area contributed by atoms with Gasteiger partial charge in [0.25, 0.3) is 0 Å². The van der Waals surface area contributed by atoms with Gasteiger partial charge in [-0.25, -0.2) is 0 Å². The zero-order valence-corrected chi connectivity index (χ0v) is 11.4. The van der Waals surface area contributed by atoms with E-state index in [1.165, 1.54) is 5.56 Å². The Morgan fingerprint density at radius 1 is 0.667 bits per heavy atom. The molecule has 2 aromatic carbocycles. The Morgan fingerprint density at radius 2 is 1.11 bits per heavy atom. The second kappa shape index (κ2) is 6.10. The Morgan fingerprint density at radius 3 is 1.44 bits per heavy atom. The maximum absolute atomic E-state index is 5.57. The Bertz CT molecular complexity index is 453. The first-order valence-electron chi connectivity index (χ1n) is 6.06. The second-order valence-corrected chi connectivity index (χ2v) is 5.28. The Labute approximate surface area is 110 Å². The van der Waals surface area contributed by atoms with Crippen LogP contribution in [0.25, 0.3) is 0 Å². The van der Waals surface area contributed by atoms with Gasteiger partial charge in [0.2, 0.25) is 0 Å². The van der Waals surface area contributed by atoms with Crippen LogP contribution in [-0.2, 0) is 5.41 Å². The van der Waals surface area contributed by atoms with Crippen molar-refractivity contribution in [2.45, 2.75) is 26.2 Å². The summed E-state index contributed by atoms with van der Waals surface area (Å²) in [6, 6.07) is 17.5. The third-order valence-electron chi connectivity index (χ3n) is 2.58. The van der Waals surface area contributed by atoms with Crippen LogP contribution < -0.4 is 11.5 Å². The van der Waals surface area contributed by atoms with Crippen molar-refractivity contribution in [2.24, 2.45) is 0 Å². The highest BCUT2D eigenvalue weighted by Gasteiger charge is 2.11. The van der Waals surface area contributed by atoms with Gasteiger partial charge in [-0.3, -0.25) is 0 Å². The van der Waals surface area contributed by atoms with Crippen molar-refractivity contribution in [3.8, 4) is 0 Å². The number of anilines is 2. The van der Waals surface area contributed by atoms with E-state index >= 15 is 0 Å². The maximum atomic E-state index is 5.57. The van der Waals surface area contributed by atoms with Gasteiger partial charge in [0.05, 0.1) is 0 Å². The highest BCUT2D eigenvalue weighted by atomic mass is 14.5. The number of hydrogen-bond acceptors (Lipinski definition) is 2. The van der Waals surface area contributed by atoms with Gasteiger partial charge in [-0.15, -0.1) is 0 Å². The average Bonchev–Trinajstić information content (AvgIpc) is 2.30. The summed E-state index contributed by atoms with van der Waals surface area (Å²) >= 11 is 0. The summed E-state index contributed by atoms with van der Waals surface area (Å²) in [6.45, 7) is 6.58. The van der Waals surface area contributed by atoms with Gasteiger partial charge in [0.1, 0.15) is 0 Å². The fraction of sp³-hybridized carbons (Fsp3) is 0.250. The number of rotatable bonds is 0. The highest BCUT2D eigenvalue weighted by Crippen LogP contribution is 2.22. The molecule has 0 aromatic heterocycles. The van der Waals surface area contributed by atoms with Crippen molar-refractivity contribution >= 4 is 11.4 Å². The van der Waals surface area contributed by atoms with E-state index in [0.29, 0.717) is 0 Å². The Hall–Kier alpha value is -1.96. The molecule has 0 aliphatic heterocycles. The number of benzene rings is 2. The third-order valence-corrected chi connectivity index (χ3v) is 2.58. The monoisotopic (exact) mass is 242 g/mol. The van der Waals surface area contributed by atoms with Crippen molar-refractivity contribution in [3.63, 3.8) is 0 Å². The van der Waals surface area contributed by atoms with Crippen molar-refractivity contribution in [1.82, 2.24) is 0 Å². The number of para-hydroxylation sites is 1. The molecule has 96 valence electrons. The van der Waals surface area contributed by atoms with Gasteiger partial charge >= 0.3 is 0 Å². The van der Waals surface area contributed by atoms with Crippen LogP contribution in [0.3, 0.4) is 0 Å². The van der Waals surface area contributed by atoms with E-state index in [9.17, 15) is 0 Å². The van der Waals surface area contributed by atoms with E-state index in [-0.39, 0.29) is 5.41 Å². The normalized spacial score (nSPS) is 10.4. The molecule has 0 fully saturated rings.